The largest absolute Gasteiger partial charge is 0.273 e. The first-order valence-electron chi connectivity index (χ1n) is 9.20. The van der Waals surface area contributed by atoms with E-state index in [1.165, 1.54) is 28.4 Å². The van der Waals surface area contributed by atoms with Crippen molar-refractivity contribution in [2.45, 2.75) is 23.6 Å². The number of anilines is 1. The lowest BCUT2D eigenvalue weighted by atomic mass is 10.2. The Labute approximate surface area is 178 Å². The van der Waals surface area contributed by atoms with Gasteiger partial charge in [-0.3, -0.25) is 9.59 Å². The molecule has 3 nitrogen and oxygen atoms in total. The van der Waals surface area contributed by atoms with Crippen LogP contribution in [-0.4, -0.2) is 11.8 Å². The van der Waals surface area contributed by atoms with Crippen LogP contribution in [0.5, 0.6) is 0 Å². The fourth-order valence-corrected chi connectivity index (χ4v) is 4.91. The van der Waals surface area contributed by atoms with Crippen molar-refractivity contribution in [3.63, 3.8) is 0 Å². The van der Waals surface area contributed by atoms with Crippen LogP contribution in [0.15, 0.2) is 98.5 Å². The number of hydrogen-bond acceptors (Lipinski definition) is 4. The van der Waals surface area contributed by atoms with E-state index in [9.17, 15) is 9.59 Å². The van der Waals surface area contributed by atoms with E-state index in [1.807, 2.05) is 80.6 Å². The van der Waals surface area contributed by atoms with Gasteiger partial charge in [-0.05, 0) is 50.2 Å². The molecule has 0 radical (unpaired) electrons. The fourth-order valence-electron chi connectivity index (χ4n) is 2.93. The zero-order chi connectivity index (χ0) is 20.4. The van der Waals surface area contributed by atoms with E-state index in [1.54, 1.807) is 12.1 Å². The van der Waals surface area contributed by atoms with Crippen LogP contribution >= 0.6 is 23.5 Å². The van der Waals surface area contributed by atoms with Crippen molar-refractivity contribution >= 4 is 41.0 Å². The monoisotopic (exact) mass is 417 g/mol. The minimum atomic E-state index is -0.276. The number of rotatable bonds is 5. The van der Waals surface area contributed by atoms with Crippen LogP contribution in [-0.2, 0) is 9.59 Å². The summed E-state index contributed by atoms with van der Waals surface area (Å²) in [6.45, 7) is 4.04. The molecule has 4 rings (SSSR count). The van der Waals surface area contributed by atoms with Gasteiger partial charge in [0.05, 0.1) is 15.5 Å². The van der Waals surface area contributed by atoms with Gasteiger partial charge < -0.3 is 0 Å². The highest BCUT2D eigenvalue weighted by Crippen LogP contribution is 2.43. The lowest BCUT2D eigenvalue weighted by Crippen LogP contribution is -2.31. The van der Waals surface area contributed by atoms with Gasteiger partial charge in [0.25, 0.3) is 11.8 Å². The Morgan fingerprint density at radius 1 is 0.586 bits per heavy atom. The molecule has 0 fully saturated rings. The molecule has 2 amide bonds. The molecule has 1 aliphatic heterocycles. The molecule has 29 heavy (non-hydrogen) atoms. The van der Waals surface area contributed by atoms with Crippen molar-refractivity contribution in [2.75, 3.05) is 4.90 Å². The summed E-state index contributed by atoms with van der Waals surface area (Å²) in [5.74, 6) is -0.553. The quantitative estimate of drug-likeness (QED) is 0.479. The average molecular weight is 418 g/mol. The van der Waals surface area contributed by atoms with Crippen molar-refractivity contribution < 1.29 is 9.59 Å². The second-order valence-corrected chi connectivity index (χ2v) is 8.94. The zero-order valence-corrected chi connectivity index (χ0v) is 17.7. The molecular formula is C24H19NO2S2. The van der Waals surface area contributed by atoms with Gasteiger partial charge >= 0.3 is 0 Å². The van der Waals surface area contributed by atoms with E-state index >= 15 is 0 Å². The lowest BCUT2D eigenvalue weighted by Gasteiger charge is -2.14. The normalized spacial score (nSPS) is 14.1. The van der Waals surface area contributed by atoms with Crippen LogP contribution in [0.3, 0.4) is 0 Å². The highest BCUT2D eigenvalue weighted by atomic mass is 32.2. The first kappa shape index (κ1) is 19.6. The summed E-state index contributed by atoms with van der Waals surface area (Å²) in [4.78, 5) is 30.6. The maximum Gasteiger partial charge on any atom is 0.273 e. The van der Waals surface area contributed by atoms with Gasteiger partial charge in [0.1, 0.15) is 0 Å². The van der Waals surface area contributed by atoms with Crippen LogP contribution in [0, 0.1) is 13.8 Å². The number of para-hydroxylation sites is 1. The number of aryl methyl sites for hydroxylation is 2. The molecule has 5 heteroatoms. The van der Waals surface area contributed by atoms with E-state index in [-0.39, 0.29) is 11.8 Å². The number of hydrogen-bond donors (Lipinski definition) is 0. The number of imide groups is 1. The van der Waals surface area contributed by atoms with Gasteiger partial charge in [0.2, 0.25) is 0 Å². The summed E-state index contributed by atoms with van der Waals surface area (Å²) in [7, 11) is 0. The molecule has 0 saturated carbocycles. The minimum absolute atomic E-state index is 0.276. The van der Waals surface area contributed by atoms with Gasteiger partial charge in [0, 0.05) is 9.79 Å². The van der Waals surface area contributed by atoms with Crippen molar-refractivity contribution in [2.24, 2.45) is 0 Å². The summed E-state index contributed by atoms with van der Waals surface area (Å²) in [5.41, 5.74) is 2.89. The number of carbonyl (C=O) groups is 2. The second-order valence-electron chi connectivity index (χ2n) is 6.77. The minimum Gasteiger partial charge on any atom is -0.268 e. The van der Waals surface area contributed by atoms with Gasteiger partial charge in [-0.25, -0.2) is 4.90 Å². The van der Waals surface area contributed by atoms with Gasteiger partial charge in [0.15, 0.2) is 0 Å². The molecular weight excluding hydrogens is 398 g/mol. The fraction of sp³-hybridized carbons (Fsp3) is 0.0833. The third kappa shape index (κ3) is 4.16. The summed E-state index contributed by atoms with van der Waals surface area (Å²) in [6.07, 6.45) is 0. The SMILES string of the molecule is Cc1ccc(SC2=C(Sc3ccc(C)cc3)C(=O)N(c3ccccc3)C2=O)cc1. The third-order valence-corrected chi connectivity index (χ3v) is 6.81. The standard InChI is InChI=1S/C24H19NO2S2/c1-16-8-12-19(13-9-16)28-21-22(29-20-14-10-17(2)11-15-20)24(27)25(23(21)26)18-6-4-3-5-7-18/h3-15H,1-2H3. The lowest BCUT2D eigenvalue weighted by molar-refractivity contribution is -0.120. The highest BCUT2D eigenvalue weighted by Gasteiger charge is 2.40. The molecule has 1 heterocycles. The first-order chi connectivity index (χ1) is 14.0. The summed E-state index contributed by atoms with van der Waals surface area (Å²) in [6, 6.07) is 25.0. The second kappa shape index (κ2) is 8.31. The molecule has 3 aromatic carbocycles. The Morgan fingerprint density at radius 2 is 1.00 bits per heavy atom. The Kier molecular flexibility index (Phi) is 5.60. The molecule has 0 aromatic heterocycles. The zero-order valence-electron chi connectivity index (χ0n) is 16.1. The molecule has 1 aliphatic rings. The molecule has 0 aliphatic carbocycles. The maximum absolute atomic E-state index is 13.3. The van der Waals surface area contributed by atoms with Crippen molar-refractivity contribution in [3.05, 3.63) is 99.8 Å². The number of nitrogens with zero attached hydrogens (tertiary/aromatic N) is 1. The summed E-state index contributed by atoms with van der Waals surface area (Å²) < 4.78 is 0. The number of carbonyl (C=O) groups excluding carboxylic acids is 2. The van der Waals surface area contributed by atoms with E-state index < -0.39 is 0 Å². The topological polar surface area (TPSA) is 37.4 Å². The van der Waals surface area contributed by atoms with Crippen LogP contribution in [0.25, 0.3) is 0 Å². The molecule has 0 spiro atoms. The number of thioether (sulfide) groups is 2. The molecule has 0 unspecified atom stereocenters. The van der Waals surface area contributed by atoms with Crippen molar-refractivity contribution in [3.8, 4) is 0 Å². The van der Waals surface area contributed by atoms with Crippen LogP contribution in [0.4, 0.5) is 5.69 Å². The third-order valence-electron chi connectivity index (χ3n) is 4.50. The van der Waals surface area contributed by atoms with E-state index in [4.69, 9.17) is 0 Å². The van der Waals surface area contributed by atoms with Crippen molar-refractivity contribution in [1.29, 1.82) is 0 Å². The van der Waals surface area contributed by atoms with E-state index in [0.29, 0.717) is 15.5 Å². The Balaban J connectivity index is 1.73. The smallest absolute Gasteiger partial charge is 0.268 e. The van der Waals surface area contributed by atoms with Gasteiger partial charge in [-0.1, -0.05) is 77.1 Å². The number of amides is 2. The summed E-state index contributed by atoms with van der Waals surface area (Å²) >= 11 is 2.69. The first-order valence-corrected chi connectivity index (χ1v) is 10.8. The molecule has 0 N–H and O–H groups in total. The molecule has 0 saturated heterocycles. The maximum atomic E-state index is 13.3. The van der Waals surface area contributed by atoms with E-state index in [0.717, 1.165) is 20.9 Å². The Bertz CT molecular complexity index is 1020. The average Bonchev–Trinajstić information content (AvgIpc) is 2.96. The Hall–Kier alpha value is -2.76. The van der Waals surface area contributed by atoms with Crippen LogP contribution in [0.1, 0.15) is 11.1 Å². The summed E-state index contributed by atoms with van der Waals surface area (Å²) in [5, 5.41) is 0. The van der Waals surface area contributed by atoms with Gasteiger partial charge in [-0.2, -0.15) is 0 Å². The molecule has 0 atom stereocenters. The number of benzene rings is 3. The molecule has 144 valence electrons. The van der Waals surface area contributed by atoms with E-state index in [2.05, 4.69) is 0 Å². The predicted molar refractivity (Wildman–Crippen MR) is 120 cm³/mol. The van der Waals surface area contributed by atoms with Crippen LogP contribution < -0.4 is 4.90 Å². The highest BCUT2D eigenvalue weighted by molar-refractivity contribution is 8.08. The molecule has 0 bridgehead atoms. The Morgan fingerprint density at radius 3 is 1.41 bits per heavy atom. The predicted octanol–water partition coefficient (Wildman–Crippen LogP) is 5.97. The van der Waals surface area contributed by atoms with Crippen molar-refractivity contribution in [1.82, 2.24) is 0 Å². The van der Waals surface area contributed by atoms with Crippen LogP contribution in [0.2, 0.25) is 0 Å². The van der Waals surface area contributed by atoms with Gasteiger partial charge in [-0.15, -0.1) is 0 Å². The molecule has 3 aromatic rings.